The van der Waals surface area contributed by atoms with Gasteiger partial charge in [0.25, 0.3) is 0 Å². The number of phenols is 1. The highest BCUT2D eigenvalue weighted by Crippen LogP contribution is 2.33. The summed E-state index contributed by atoms with van der Waals surface area (Å²) in [6, 6.07) is 7.63. The molecular formula is C14H22O. The molecule has 1 rings (SSSR count). The van der Waals surface area contributed by atoms with E-state index in [0.717, 1.165) is 6.42 Å². The Balaban J connectivity index is 2.79. The number of benzene rings is 1. The minimum Gasteiger partial charge on any atom is -0.508 e. The molecule has 1 heteroatoms. The Morgan fingerprint density at radius 2 is 1.67 bits per heavy atom. The van der Waals surface area contributed by atoms with Crippen molar-refractivity contribution < 1.29 is 5.11 Å². The molecule has 0 saturated heterocycles. The van der Waals surface area contributed by atoms with Gasteiger partial charge in [0, 0.05) is 0 Å². The molecular weight excluding hydrogens is 184 g/mol. The smallest absolute Gasteiger partial charge is 0.115 e. The normalized spacial score (nSPS) is 13.9. The summed E-state index contributed by atoms with van der Waals surface area (Å²) in [5.41, 5.74) is 1.70. The van der Waals surface area contributed by atoms with Crippen LogP contribution in [0.4, 0.5) is 0 Å². The first-order valence-electron chi connectivity index (χ1n) is 5.71. The summed E-state index contributed by atoms with van der Waals surface area (Å²) in [6.45, 7) is 9.05. The predicted octanol–water partition coefficient (Wildman–Crippen LogP) is 4.32. The molecule has 0 saturated carbocycles. The minimum atomic E-state index is 0.351. The Labute approximate surface area is 93.1 Å². The maximum atomic E-state index is 9.24. The van der Waals surface area contributed by atoms with Gasteiger partial charge in [-0.15, -0.1) is 0 Å². The van der Waals surface area contributed by atoms with Crippen LogP contribution < -0.4 is 0 Å². The summed E-state index contributed by atoms with van der Waals surface area (Å²) < 4.78 is 0. The third-order valence-corrected chi connectivity index (χ3v) is 2.72. The lowest BCUT2D eigenvalue weighted by molar-refractivity contribution is 0.335. The standard InChI is InChI=1S/C14H22O/c1-5-11(10-14(2,3)4)12-6-8-13(15)9-7-12/h6-9,11,15H,5,10H2,1-4H3. The van der Waals surface area contributed by atoms with Crippen LogP contribution in [0, 0.1) is 5.41 Å². The van der Waals surface area contributed by atoms with Gasteiger partial charge in [0.05, 0.1) is 0 Å². The van der Waals surface area contributed by atoms with Gasteiger partial charge in [-0.25, -0.2) is 0 Å². The largest absolute Gasteiger partial charge is 0.508 e. The SMILES string of the molecule is CCC(CC(C)(C)C)c1ccc(O)cc1. The van der Waals surface area contributed by atoms with E-state index in [1.54, 1.807) is 12.1 Å². The van der Waals surface area contributed by atoms with Crippen molar-refractivity contribution >= 4 is 0 Å². The molecule has 15 heavy (non-hydrogen) atoms. The van der Waals surface area contributed by atoms with Gasteiger partial charge in [0.1, 0.15) is 5.75 Å². The van der Waals surface area contributed by atoms with Gasteiger partial charge in [-0.05, 0) is 41.9 Å². The molecule has 0 radical (unpaired) electrons. The van der Waals surface area contributed by atoms with E-state index in [1.165, 1.54) is 12.0 Å². The monoisotopic (exact) mass is 206 g/mol. The maximum Gasteiger partial charge on any atom is 0.115 e. The summed E-state index contributed by atoms with van der Waals surface area (Å²) in [5.74, 6) is 0.954. The molecule has 1 N–H and O–H groups in total. The molecule has 1 nitrogen and oxygen atoms in total. The van der Waals surface area contributed by atoms with Gasteiger partial charge >= 0.3 is 0 Å². The van der Waals surface area contributed by atoms with Crippen molar-refractivity contribution in [1.29, 1.82) is 0 Å². The van der Waals surface area contributed by atoms with Crippen LogP contribution in [-0.2, 0) is 0 Å². The van der Waals surface area contributed by atoms with Gasteiger partial charge < -0.3 is 5.11 Å². The Bertz CT molecular complexity index is 292. The highest BCUT2D eigenvalue weighted by Gasteiger charge is 2.18. The average molecular weight is 206 g/mol. The Morgan fingerprint density at radius 3 is 2.07 bits per heavy atom. The summed E-state index contributed by atoms with van der Waals surface area (Å²) >= 11 is 0. The van der Waals surface area contributed by atoms with E-state index >= 15 is 0 Å². The van der Waals surface area contributed by atoms with Gasteiger partial charge in [0.15, 0.2) is 0 Å². The average Bonchev–Trinajstić information content (AvgIpc) is 2.14. The van der Waals surface area contributed by atoms with Crippen LogP contribution in [0.5, 0.6) is 5.75 Å². The zero-order valence-electron chi connectivity index (χ0n) is 10.2. The lowest BCUT2D eigenvalue weighted by atomic mass is 9.80. The molecule has 0 aliphatic carbocycles. The third kappa shape index (κ3) is 3.94. The molecule has 0 fully saturated rings. The van der Waals surface area contributed by atoms with Gasteiger partial charge in [-0.3, -0.25) is 0 Å². The molecule has 0 aromatic heterocycles. The van der Waals surface area contributed by atoms with Crippen LogP contribution in [0.3, 0.4) is 0 Å². The van der Waals surface area contributed by atoms with Crippen LogP contribution in [0.2, 0.25) is 0 Å². The Hall–Kier alpha value is -0.980. The fourth-order valence-electron chi connectivity index (χ4n) is 1.98. The maximum absolute atomic E-state index is 9.24. The van der Waals surface area contributed by atoms with Crippen LogP contribution >= 0.6 is 0 Å². The summed E-state index contributed by atoms with van der Waals surface area (Å²) in [4.78, 5) is 0. The van der Waals surface area contributed by atoms with Crippen LogP contribution in [0.25, 0.3) is 0 Å². The van der Waals surface area contributed by atoms with E-state index in [2.05, 4.69) is 27.7 Å². The second-order valence-corrected chi connectivity index (χ2v) is 5.46. The van der Waals surface area contributed by atoms with E-state index in [0.29, 0.717) is 17.1 Å². The van der Waals surface area contributed by atoms with E-state index in [4.69, 9.17) is 0 Å². The molecule has 0 aliphatic heterocycles. The third-order valence-electron chi connectivity index (χ3n) is 2.72. The number of hydrogen-bond acceptors (Lipinski definition) is 1. The highest BCUT2D eigenvalue weighted by atomic mass is 16.3. The first-order valence-corrected chi connectivity index (χ1v) is 5.71. The lowest BCUT2D eigenvalue weighted by Crippen LogP contribution is -2.11. The molecule has 84 valence electrons. The molecule has 0 aliphatic rings. The van der Waals surface area contributed by atoms with Crippen molar-refractivity contribution in [3.05, 3.63) is 29.8 Å². The van der Waals surface area contributed by atoms with E-state index in [-0.39, 0.29) is 0 Å². The van der Waals surface area contributed by atoms with E-state index in [1.807, 2.05) is 12.1 Å². The van der Waals surface area contributed by atoms with Gasteiger partial charge in [-0.2, -0.15) is 0 Å². The zero-order valence-corrected chi connectivity index (χ0v) is 10.2. The van der Waals surface area contributed by atoms with E-state index in [9.17, 15) is 5.11 Å². The number of aromatic hydroxyl groups is 1. The van der Waals surface area contributed by atoms with Crippen molar-refractivity contribution in [3.63, 3.8) is 0 Å². The first kappa shape index (κ1) is 12.1. The summed E-state index contributed by atoms with van der Waals surface area (Å²) in [6.07, 6.45) is 2.34. The van der Waals surface area contributed by atoms with Crippen molar-refractivity contribution in [2.45, 2.75) is 46.5 Å². The van der Waals surface area contributed by atoms with Crippen molar-refractivity contribution in [1.82, 2.24) is 0 Å². The summed E-state index contributed by atoms with van der Waals surface area (Å²) in [5, 5.41) is 9.24. The van der Waals surface area contributed by atoms with Crippen LogP contribution in [0.15, 0.2) is 24.3 Å². The minimum absolute atomic E-state index is 0.351. The quantitative estimate of drug-likeness (QED) is 0.780. The molecule has 1 aromatic carbocycles. The molecule has 0 bridgehead atoms. The van der Waals surface area contributed by atoms with Gasteiger partial charge in [-0.1, -0.05) is 39.8 Å². The second-order valence-electron chi connectivity index (χ2n) is 5.46. The van der Waals surface area contributed by atoms with Crippen molar-refractivity contribution in [2.75, 3.05) is 0 Å². The fourth-order valence-corrected chi connectivity index (χ4v) is 1.98. The number of hydrogen-bond donors (Lipinski definition) is 1. The predicted molar refractivity (Wildman–Crippen MR) is 65.2 cm³/mol. The zero-order chi connectivity index (χ0) is 11.5. The fraction of sp³-hybridized carbons (Fsp3) is 0.571. The Kier molecular flexibility index (Phi) is 3.78. The van der Waals surface area contributed by atoms with Crippen molar-refractivity contribution in [2.24, 2.45) is 5.41 Å². The molecule has 1 aromatic rings. The van der Waals surface area contributed by atoms with Crippen LogP contribution in [-0.4, -0.2) is 5.11 Å². The summed E-state index contributed by atoms with van der Waals surface area (Å²) in [7, 11) is 0. The molecule has 1 atom stereocenters. The second kappa shape index (κ2) is 4.69. The van der Waals surface area contributed by atoms with Crippen LogP contribution in [0.1, 0.15) is 52.0 Å². The van der Waals surface area contributed by atoms with Gasteiger partial charge in [0.2, 0.25) is 0 Å². The van der Waals surface area contributed by atoms with E-state index < -0.39 is 0 Å². The number of rotatable bonds is 3. The molecule has 0 amide bonds. The molecule has 0 spiro atoms. The first-order chi connectivity index (χ1) is 6.92. The lowest BCUT2D eigenvalue weighted by Gasteiger charge is -2.25. The Morgan fingerprint density at radius 1 is 1.13 bits per heavy atom. The molecule has 0 heterocycles. The highest BCUT2D eigenvalue weighted by molar-refractivity contribution is 5.28. The topological polar surface area (TPSA) is 20.2 Å². The van der Waals surface area contributed by atoms with Crippen molar-refractivity contribution in [3.8, 4) is 5.75 Å². The number of phenolic OH excluding ortho intramolecular Hbond substituents is 1. The molecule has 1 unspecified atom stereocenters.